The highest BCUT2D eigenvalue weighted by Gasteiger charge is 1.85. The molecule has 0 aromatic carbocycles. The van der Waals surface area contributed by atoms with Gasteiger partial charge >= 0.3 is 0 Å². The molecule has 8 heteroatoms. The largest absolute Gasteiger partial charge is 0.411 e. The predicted molar refractivity (Wildman–Crippen MR) is 27.5 cm³/mol. The zero-order valence-electron chi connectivity index (χ0n) is 4.08. The smallest absolute Gasteiger partial charge is 0.228 e. The summed E-state index contributed by atoms with van der Waals surface area (Å²) in [5.41, 5.74) is 15.4. The predicted octanol–water partition coefficient (Wildman–Crippen LogP) is 1.35. The maximum atomic E-state index is 7.85. The van der Waals surface area contributed by atoms with Gasteiger partial charge in [-0.25, -0.2) is 0 Å². The van der Waals surface area contributed by atoms with E-state index in [4.69, 9.17) is 16.3 Å². The van der Waals surface area contributed by atoms with Crippen molar-refractivity contribution in [2.45, 2.75) is 0 Å². The van der Waals surface area contributed by atoms with Crippen LogP contribution in [0.1, 0.15) is 0 Å². The molecule has 9 heavy (non-hydrogen) atoms. The summed E-state index contributed by atoms with van der Waals surface area (Å²) >= 11 is 0. The molecule has 0 bridgehead atoms. The van der Waals surface area contributed by atoms with Gasteiger partial charge in [-0.2, -0.15) is 0 Å². The molecule has 0 spiro atoms. The van der Waals surface area contributed by atoms with Crippen LogP contribution in [-0.2, 0) is 0 Å². The molecule has 1 N–H and O–H groups in total. The summed E-state index contributed by atoms with van der Waals surface area (Å²) in [6.45, 7) is 0. The van der Waals surface area contributed by atoms with Gasteiger partial charge in [-0.15, -0.1) is 0 Å². The van der Waals surface area contributed by atoms with Crippen LogP contribution in [0.4, 0.5) is 0 Å². The molecule has 0 aromatic rings. The molecule has 0 aromatic heterocycles. The molecule has 0 radical (unpaired) electrons. The van der Waals surface area contributed by atoms with E-state index >= 15 is 0 Å². The van der Waals surface area contributed by atoms with Crippen LogP contribution in [0.5, 0.6) is 0 Å². The molecule has 0 aliphatic heterocycles. The SMILES string of the molecule is [N-]=[N+]=NC(N=[N+]=[N-])=NO. The van der Waals surface area contributed by atoms with E-state index in [0.29, 0.717) is 0 Å². The molecule has 0 atom stereocenters. The molecule has 0 aliphatic rings. The van der Waals surface area contributed by atoms with Gasteiger partial charge in [0.15, 0.2) is 0 Å². The lowest BCUT2D eigenvalue weighted by molar-refractivity contribution is 0.317. The van der Waals surface area contributed by atoms with Crippen molar-refractivity contribution in [2.75, 3.05) is 0 Å². The summed E-state index contributed by atoms with van der Waals surface area (Å²) in [5, 5.41) is 15.6. The zero-order valence-corrected chi connectivity index (χ0v) is 4.08. The van der Waals surface area contributed by atoms with E-state index in [1.165, 1.54) is 0 Å². The van der Waals surface area contributed by atoms with Gasteiger partial charge in [0.2, 0.25) is 5.96 Å². The highest BCUT2D eigenvalue weighted by molar-refractivity contribution is 5.80. The quantitative estimate of drug-likeness (QED) is 0.0983. The third-order valence-electron chi connectivity index (χ3n) is 0.358. The Morgan fingerprint density at radius 3 is 1.89 bits per heavy atom. The molecule has 46 valence electrons. The van der Waals surface area contributed by atoms with Crippen molar-refractivity contribution in [1.82, 2.24) is 0 Å². The molecular weight excluding hydrogens is 126 g/mol. The molecule has 0 rings (SSSR count). The van der Waals surface area contributed by atoms with E-state index in [2.05, 4.69) is 25.2 Å². The molecule has 0 unspecified atom stereocenters. The first-order valence-electron chi connectivity index (χ1n) is 1.67. The van der Waals surface area contributed by atoms with E-state index in [1.807, 2.05) is 0 Å². The second kappa shape index (κ2) is 4.25. The summed E-state index contributed by atoms with van der Waals surface area (Å²) in [5.74, 6) is -0.653. The molecule has 0 fully saturated rings. The van der Waals surface area contributed by atoms with Crippen molar-refractivity contribution >= 4 is 5.96 Å². The van der Waals surface area contributed by atoms with Gasteiger partial charge in [0.25, 0.3) is 0 Å². The highest BCUT2D eigenvalue weighted by Crippen LogP contribution is 1.82. The minimum Gasteiger partial charge on any atom is -0.411 e. The van der Waals surface area contributed by atoms with Crippen molar-refractivity contribution in [3.8, 4) is 0 Å². The number of hydrogen-bond donors (Lipinski definition) is 1. The normalized spacial score (nSPS) is 6.22. The minimum atomic E-state index is -0.653. The Balaban J connectivity index is 4.36. The summed E-state index contributed by atoms with van der Waals surface area (Å²) in [6, 6.07) is 0. The molecule has 8 nitrogen and oxygen atoms in total. The van der Waals surface area contributed by atoms with Gasteiger partial charge in [0, 0.05) is 9.82 Å². The molecule has 0 amide bonds. The molecular formula is CHN7O. The van der Waals surface area contributed by atoms with Crippen LogP contribution in [0, 0.1) is 0 Å². The number of hydrogen-bond acceptors (Lipinski definition) is 2. The Hall–Kier alpha value is -1.91. The lowest BCUT2D eigenvalue weighted by Gasteiger charge is -1.76. The lowest BCUT2D eigenvalue weighted by atomic mass is 11.1. The van der Waals surface area contributed by atoms with Gasteiger partial charge in [-0.05, 0) is 21.3 Å². The molecule has 0 aliphatic carbocycles. The first-order chi connectivity index (χ1) is 4.35. The Kier molecular flexibility index (Phi) is 3.35. The van der Waals surface area contributed by atoms with E-state index < -0.39 is 5.96 Å². The van der Waals surface area contributed by atoms with Crippen molar-refractivity contribution in [3.05, 3.63) is 20.9 Å². The Morgan fingerprint density at radius 1 is 1.22 bits per heavy atom. The number of azide groups is 1. The average molecular weight is 127 g/mol. The van der Waals surface area contributed by atoms with Crippen LogP contribution in [0.25, 0.3) is 20.9 Å². The first-order valence-corrected chi connectivity index (χ1v) is 1.67. The van der Waals surface area contributed by atoms with Gasteiger partial charge in [0.05, 0.1) is 0 Å². The van der Waals surface area contributed by atoms with Crippen LogP contribution < -0.4 is 0 Å². The van der Waals surface area contributed by atoms with E-state index in [-0.39, 0.29) is 0 Å². The van der Waals surface area contributed by atoms with Crippen LogP contribution in [-0.4, -0.2) is 11.2 Å². The van der Waals surface area contributed by atoms with Gasteiger partial charge < -0.3 is 5.21 Å². The van der Waals surface area contributed by atoms with Crippen molar-refractivity contribution in [1.29, 1.82) is 0 Å². The second-order valence-corrected chi connectivity index (χ2v) is 0.779. The van der Waals surface area contributed by atoms with Crippen LogP contribution in [0.2, 0.25) is 0 Å². The third kappa shape index (κ3) is 2.75. The third-order valence-corrected chi connectivity index (χ3v) is 0.358. The Morgan fingerprint density at radius 2 is 1.67 bits per heavy atom. The number of oxime groups is 1. The number of rotatable bonds is 0. The fourth-order valence-corrected chi connectivity index (χ4v) is 0.140. The average Bonchev–Trinajstić information content (AvgIpc) is 1.88. The Bertz CT molecular complexity index is 183. The Labute approximate surface area is 48.7 Å². The summed E-state index contributed by atoms with van der Waals surface area (Å²) < 4.78 is 0. The van der Waals surface area contributed by atoms with Crippen molar-refractivity contribution in [2.24, 2.45) is 15.4 Å². The van der Waals surface area contributed by atoms with E-state index in [9.17, 15) is 0 Å². The van der Waals surface area contributed by atoms with Gasteiger partial charge in [-0.1, -0.05) is 5.16 Å². The van der Waals surface area contributed by atoms with E-state index in [0.717, 1.165) is 0 Å². The fourth-order valence-electron chi connectivity index (χ4n) is 0.140. The van der Waals surface area contributed by atoms with E-state index in [1.54, 1.807) is 0 Å². The summed E-state index contributed by atoms with van der Waals surface area (Å²) in [4.78, 5) is 4.39. The molecule has 0 saturated heterocycles. The van der Waals surface area contributed by atoms with Crippen LogP contribution >= 0.6 is 0 Å². The summed E-state index contributed by atoms with van der Waals surface area (Å²) in [6.07, 6.45) is 0. The van der Waals surface area contributed by atoms with Crippen molar-refractivity contribution in [3.63, 3.8) is 0 Å². The van der Waals surface area contributed by atoms with Crippen molar-refractivity contribution < 1.29 is 5.21 Å². The molecule has 0 saturated carbocycles. The van der Waals surface area contributed by atoms with Crippen LogP contribution in [0.15, 0.2) is 15.4 Å². The second-order valence-electron chi connectivity index (χ2n) is 0.779. The lowest BCUT2D eigenvalue weighted by Crippen LogP contribution is -1.81. The topological polar surface area (TPSA) is 130 Å². The standard InChI is InChI=1S/CHN7O/c2-7-4-1(6-9)5-8-3/h9H. The maximum Gasteiger partial charge on any atom is 0.228 e. The highest BCUT2D eigenvalue weighted by atomic mass is 16.4. The van der Waals surface area contributed by atoms with Gasteiger partial charge in [-0.3, -0.25) is 0 Å². The van der Waals surface area contributed by atoms with Gasteiger partial charge in [0.1, 0.15) is 0 Å². The monoisotopic (exact) mass is 127 g/mol. The minimum absolute atomic E-state index is 0.653. The van der Waals surface area contributed by atoms with Crippen LogP contribution in [0.3, 0.4) is 0 Å². The maximum absolute atomic E-state index is 7.85. The fraction of sp³-hybridized carbons (Fsp3) is 0. The molecule has 0 heterocycles. The number of nitrogens with zero attached hydrogens (tertiary/aromatic N) is 7. The zero-order chi connectivity index (χ0) is 7.11. The number of guanidine groups is 1. The first kappa shape index (κ1) is 7.09. The summed E-state index contributed by atoms with van der Waals surface area (Å²) in [7, 11) is 0.